The second-order valence-corrected chi connectivity index (χ2v) is 13.4. The Morgan fingerprint density at radius 2 is 1.96 bits per heavy atom. The van der Waals surface area contributed by atoms with E-state index in [1.54, 1.807) is 21.0 Å². The second kappa shape index (κ2) is 16.6. The van der Waals surface area contributed by atoms with Gasteiger partial charge in [0.25, 0.3) is 0 Å². The van der Waals surface area contributed by atoms with Crippen LogP contribution >= 0.6 is 0 Å². The van der Waals surface area contributed by atoms with Crippen molar-refractivity contribution in [1.29, 1.82) is 0 Å². The highest BCUT2D eigenvalue weighted by Gasteiger charge is 2.49. The van der Waals surface area contributed by atoms with Crippen molar-refractivity contribution in [3.63, 3.8) is 0 Å². The van der Waals surface area contributed by atoms with Crippen LogP contribution in [0, 0.1) is 24.4 Å². The molecule has 0 bridgehead atoms. The fourth-order valence-electron chi connectivity index (χ4n) is 6.86. The average Bonchev–Trinajstić information content (AvgIpc) is 3.52. The molecule has 0 saturated carbocycles. The van der Waals surface area contributed by atoms with Gasteiger partial charge in [-0.05, 0) is 84.8 Å². The van der Waals surface area contributed by atoms with Gasteiger partial charge in [0.2, 0.25) is 0 Å². The third-order valence-electron chi connectivity index (χ3n) is 9.76. The van der Waals surface area contributed by atoms with E-state index in [1.165, 1.54) is 0 Å². The summed E-state index contributed by atoms with van der Waals surface area (Å²) in [5.74, 6) is -3.25. The van der Waals surface area contributed by atoms with Gasteiger partial charge in [0.1, 0.15) is 29.6 Å². The lowest BCUT2D eigenvalue weighted by Gasteiger charge is -2.46. The van der Waals surface area contributed by atoms with Crippen LogP contribution in [-0.4, -0.2) is 83.7 Å². The Morgan fingerprint density at radius 1 is 1.23 bits per heavy atom. The van der Waals surface area contributed by atoms with Crippen molar-refractivity contribution in [2.24, 2.45) is 11.8 Å². The lowest BCUT2D eigenvalue weighted by molar-refractivity contribution is -0.174. The number of carbonyl (C=O) groups excluding carboxylic acids is 2. The minimum Gasteiger partial charge on any atom is -0.457 e. The van der Waals surface area contributed by atoms with E-state index in [1.807, 2.05) is 55.9 Å². The van der Waals surface area contributed by atoms with E-state index in [0.29, 0.717) is 31.6 Å². The highest BCUT2D eigenvalue weighted by Crippen LogP contribution is 2.38. The van der Waals surface area contributed by atoms with Crippen LogP contribution in [0.3, 0.4) is 0 Å². The molecular formula is C35H53BN6O5. The number of Topliss-reactive ketones (excluding diaryl/α,β-unsaturated/α-hetero) is 1. The first-order valence-electron chi connectivity index (χ1n) is 16.6. The molecule has 0 spiro atoms. The van der Waals surface area contributed by atoms with Crippen LogP contribution in [-0.2, 0) is 30.3 Å². The summed E-state index contributed by atoms with van der Waals surface area (Å²) in [7, 11) is 8.25. The summed E-state index contributed by atoms with van der Waals surface area (Å²) in [6, 6.07) is 6.91. The van der Waals surface area contributed by atoms with Gasteiger partial charge in [0.15, 0.2) is 5.60 Å². The van der Waals surface area contributed by atoms with Gasteiger partial charge in [0.05, 0.1) is 25.7 Å². The Labute approximate surface area is 281 Å². The van der Waals surface area contributed by atoms with E-state index in [4.69, 9.17) is 34.2 Å². The highest BCUT2D eigenvalue weighted by atomic mass is 16.6. The van der Waals surface area contributed by atoms with Gasteiger partial charge in [-0.2, -0.15) is 0 Å². The van der Waals surface area contributed by atoms with E-state index in [-0.39, 0.29) is 17.9 Å². The number of rotatable bonds is 10. The number of nitrogen functional groups attached to an aromatic ring is 1. The molecular weight excluding hydrogens is 595 g/mol. The Kier molecular flexibility index (Phi) is 13.5. The molecule has 1 aromatic carbocycles. The van der Waals surface area contributed by atoms with Crippen LogP contribution in [0.15, 0.2) is 30.5 Å². The number of hydrogen-bond donors (Lipinski definition) is 3. The van der Waals surface area contributed by atoms with E-state index >= 15 is 0 Å². The van der Waals surface area contributed by atoms with Gasteiger partial charge < -0.3 is 30.6 Å². The summed E-state index contributed by atoms with van der Waals surface area (Å²) in [5, 5.41) is 15.9. The maximum atomic E-state index is 13.5. The predicted molar refractivity (Wildman–Crippen MR) is 184 cm³/mol. The summed E-state index contributed by atoms with van der Waals surface area (Å²) in [4.78, 5) is 26.9. The number of carbonyl (C=O) groups is 2. The standard InChI is InChI=1S/C35H53BN6O5/c1-10-29-35(8,46-11-2)32(38-17-12-13-18-42-21-28(40-41-42)26-15-14-16-27(37)19-26)25(6)39-22(3)20-34(7,45-9)31(36)23(4)30(43)24(5)33(44)47-29/h2,14-16,19,21-25,29,31-32,38-39H,10,12-13,17-18,20,37H2,1,3-9H3/t22-,23-,24+,25+,29+,31+,32+,34+,35+/m0/s1. The number of cyclic esters (lactones) is 1. The number of hydrogen-bond acceptors (Lipinski definition) is 10. The Balaban J connectivity index is 1.82. The van der Waals surface area contributed by atoms with Gasteiger partial charge in [-0.15, -0.1) is 5.10 Å². The molecule has 1 aliphatic rings. The van der Waals surface area contributed by atoms with Crippen molar-refractivity contribution < 1.29 is 23.8 Å². The van der Waals surface area contributed by atoms with E-state index < -0.39 is 47.0 Å². The molecule has 1 aliphatic heterocycles. The number of aryl methyl sites for hydroxylation is 1. The van der Waals surface area contributed by atoms with Crippen molar-refractivity contribution in [2.45, 2.75) is 122 Å². The zero-order valence-corrected chi connectivity index (χ0v) is 29.3. The monoisotopic (exact) mass is 648 g/mol. The lowest BCUT2D eigenvalue weighted by atomic mass is 9.63. The highest BCUT2D eigenvalue weighted by molar-refractivity contribution is 6.15. The summed E-state index contributed by atoms with van der Waals surface area (Å²) >= 11 is 0. The number of nitrogens with two attached hydrogens (primary N) is 1. The molecule has 9 atom stereocenters. The molecule has 0 unspecified atom stereocenters. The number of benzene rings is 1. The predicted octanol–water partition coefficient (Wildman–Crippen LogP) is 3.93. The number of nitrogens with one attached hydrogen (secondary N) is 2. The number of methoxy groups -OCH3 is 1. The maximum absolute atomic E-state index is 13.5. The van der Waals surface area contributed by atoms with Gasteiger partial charge in [-0.25, -0.2) is 0 Å². The number of ketones is 1. The number of terminal acetylenes is 1. The zero-order chi connectivity index (χ0) is 34.9. The normalized spacial score (nSPS) is 32.6. The fourth-order valence-corrected chi connectivity index (χ4v) is 6.86. The van der Waals surface area contributed by atoms with Crippen molar-refractivity contribution in [2.75, 3.05) is 19.4 Å². The summed E-state index contributed by atoms with van der Waals surface area (Å²) < 4.78 is 19.8. The Hall–Kier alpha value is -3.40. The van der Waals surface area contributed by atoms with Crippen LogP contribution in [0.2, 0.25) is 5.82 Å². The fraction of sp³-hybridized carbons (Fsp3) is 0.657. The van der Waals surface area contributed by atoms with Crippen LogP contribution in [0.1, 0.15) is 74.1 Å². The van der Waals surface area contributed by atoms with Gasteiger partial charge >= 0.3 is 5.97 Å². The average molecular weight is 649 g/mol. The molecule has 11 nitrogen and oxygen atoms in total. The van der Waals surface area contributed by atoms with Gasteiger partial charge in [0, 0.05) is 42.9 Å². The third kappa shape index (κ3) is 9.15. The number of aromatic nitrogens is 3. The molecule has 47 heavy (non-hydrogen) atoms. The quantitative estimate of drug-likeness (QED) is 0.0867. The Morgan fingerprint density at radius 3 is 2.60 bits per heavy atom. The number of unbranched alkanes of at least 4 members (excludes halogenated alkanes) is 1. The number of anilines is 1. The molecule has 256 valence electrons. The topological polar surface area (TPSA) is 143 Å². The Bertz CT molecular complexity index is 1380. The molecule has 1 fully saturated rings. The molecule has 2 radical (unpaired) electrons. The van der Waals surface area contributed by atoms with Crippen molar-refractivity contribution in [1.82, 2.24) is 25.6 Å². The van der Waals surface area contributed by atoms with Gasteiger partial charge in [-0.3, -0.25) is 14.3 Å². The molecule has 1 saturated heterocycles. The van der Waals surface area contributed by atoms with Crippen LogP contribution in [0.25, 0.3) is 11.3 Å². The molecule has 3 rings (SSSR count). The summed E-state index contributed by atoms with van der Waals surface area (Å²) in [6.07, 6.45) is 11.9. The minimum absolute atomic E-state index is 0.0628. The molecule has 1 aromatic heterocycles. The minimum atomic E-state index is -1.14. The van der Waals surface area contributed by atoms with Crippen LogP contribution in [0.4, 0.5) is 5.69 Å². The number of ether oxygens (including phenoxy) is 3. The van der Waals surface area contributed by atoms with Crippen molar-refractivity contribution in [3.05, 3.63) is 30.5 Å². The SMILES string of the molecule is [B][C@@H]1[C@@H](C)C(=O)[C@@H](C)C(=O)O[C@H](CC)[C@@](C)(OC#C)[C@H](NCCCCn2cc(-c3cccc(N)c3)nn2)[C@@H](C)N[C@@H](C)C[C@@]1(C)OC. The molecule has 12 heteroatoms. The van der Waals surface area contributed by atoms with Gasteiger partial charge in [-0.1, -0.05) is 37.6 Å². The van der Waals surface area contributed by atoms with Crippen LogP contribution in [0.5, 0.6) is 0 Å². The molecule has 0 aliphatic carbocycles. The molecule has 0 amide bonds. The third-order valence-corrected chi connectivity index (χ3v) is 9.76. The summed E-state index contributed by atoms with van der Waals surface area (Å²) in [6.45, 7) is 14.4. The lowest BCUT2D eigenvalue weighted by Crippen LogP contribution is -2.66. The number of esters is 1. The maximum Gasteiger partial charge on any atom is 0.316 e. The first-order valence-corrected chi connectivity index (χ1v) is 16.6. The van der Waals surface area contributed by atoms with E-state index in [9.17, 15) is 9.59 Å². The van der Waals surface area contributed by atoms with E-state index in [2.05, 4.69) is 40.9 Å². The molecule has 2 aromatic rings. The first-order chi connectivity index (χ1) is 22.2. The second-order valence-electron chi connectivity index (χ2n) is 13.4. The summed E-state index contributed by atoms with van der Waals surface area (Å²) in [5.41, 5.74) is 6.31. The smallest absolute Gasteiger partial charge is 0.316 e. The zero-order valence-electron chi connectivity index (χ0n) is 29.3. The van der Waals surface area contributed by atoms with Crippen molar-refractivity contribution >= 4 is 25.3 Å². The number of nitrogens with zero attached hydrogens (tertiary/aromatic N) is 3. The first kappa shape index (κ1) is 38.1. The van der Waals surface area contributed by atoms with E-state index in [0.717, 1.165) is 24.1 Å². The van der Waals surface area contributed by atoms with Crippen molar-refractivity contribution in [3.8, 4) is 23.8 Å². The molecule has 2 heterocycles. The largest absolute Gasteiger partial charge is 0.457 e. The van der Waals surface area contributed by atoms with Crippen LogP contribution < -0.4 is 16.4 Å². The molecule has 4 N–H and O–H groups in total.